The van der Waals surface area contributed by atoms with Gasteiger partial charge >= 0.3 is 0 Å². The highest BCUT2D eigenvalue weighted by Crippen LogP contribution is 2.40. The van der Waals surface area contributed by atoms with Gasteiger partial charge in [0, 0.05) is 24.5 Å². The van der Waals surface area contributed by atoms with Gasteiger partial charge in [0.2, 0.25) is 0 Å². The summed E-state index contributed by atoms with van der Waals surface area (Å²) in [5, 5.41) is 6.36. The molecule has 5 rings (SSSR count). The Hall–Kier alpha value is -2.33. The number of thiophene rings is 1. The zero-order valence-corrected chi connectivity index (χ0v) is 20.2. The number of rotatable bonds is 6. The van der Waals surface area contributed by atoms with Gasteiger partial charge in [-0.25, -0.2) is 19.8 Å². The van der Waals surface area contributed by atoms with E-state index in [1.165, 1.54) is 28.7 Å². The van der Waals surface area contributed by atoms with Gasteiger partial charge in [0.15, 0.2) is 5.82 Å². The molecule has 33 heavy (non-hydrogen) atoms. The third kappa shape index (κ3) is 5.27. The quantitative estimate of drug-likeness (QED) is 0.556. The molecule has 3 heterocycles. The number of hydrogen-bond acceptors (Lipinski definition) is 6. The smallest absolute Gasteiger partial charge is 0.274 e. The molecule has 3 aromatic rings. The van der Waals surface area contributed by atoms with Gasteiger partial charge in [-0.1, -0.05) is 36.4 Å². The molecule has 1 unspecified atom stereocenters. The minimum Gasteiger partial charge on any atom is -0.356 e. The second-order valence-corrected chi connectivity index (χ2v) is 11.4. The first kappa shape index (κ1) is 22.5. The molecule has 2 aliphatic rings. The van der Waals surface area contributed by atoms with E-state index in [0.29, 0.717) is 12.4 Å². The lowest BCUT2D eigenvalue weighted by Gasteiger charge is -2.34. The summed E-state index contributed by atoms with van der Waals surface area (Å²) in [7, 11) is -3.69. The highest BCUT2D eigenvalue weighted by molar-refractivity contribution is 7.87. The third-order valence-corrected chi connectivity index (χ3v) is 8.18. The van der Waals surface area contributed by atoms with E-state index in [2.05, 4.69) is 21.8 Å². The van der Waals surface area contributed by atoms with Crippen molar-refractivity contribution in [2.45, 2.75) is 38.5 Å². The molecule has 0 bridgehead atoms. The molecule has 1 saturated heterocycles. The fourth-order valence-electron chi connectivity index (χ4n) is 4.85. The van der Waals surface area contributed by atoms with Crippen LogP contribution in [0, 0.1) is 5.92 Å². The number of nitrogens with one attached hydrogen (secondary N) is 1. The number of anilines is 1. The molecule has 9 heteroatoms. The summed E-state index contributed by atoms with van der Waals surface area (Å²) >= 11 is 1.81. The number of benzene rings is 1. The van der Waals surface area contributed by atoms with E-state index in [1.54, 1.807) is 0 Å². The average Bonchev–Trinajstić information content (AvgIpc) is 3.20. The summed E-state index contributed by atoms with van der Waals surface area (Å²) in [6, 6.07) is 10.2. The summed E-state index contributed by atoms with van der Waals surface area (Å²) < 4.78 is 25.2. The van der Waals surface area contributed by atoms with Crippen LogP contribution in [0.25, 0.3) is 22.4 Å². The average molecular weight is 484 g/mol. The predicted octanol–water partition coefficient (Wildman–Crippen LogP) is 3.75. The van der Waals surface area contributed by atoms with E-state index >= 15 is 0 Å². The summed E-state index contributed by atoms with van der Waals surface area (Å²) in [5.41, 5.74) is 2.53. The Morgan fingerprint density at radius 3 is 2.76 bits per heavy atom. The number of nitrogens with zero attached hydrogens (tertiary/aromatic N) is 3. The largest absolute Gasteiger partial charge is 0.356 e. The predicted molar refractivity (Wildman–Crippen MR) is 135 cm³/mol. The number of aryl methyl sites for hydroxylation is 2. The van der Waals surface area contributed by atoms with Crippen molar-refractivity contribution in [2.75, 3.05) is 24.5 Å². The lowest BCUT2D eigenvalue weighted by Crippen LogP contribution is -2.43. The van der Waals surface area contributed by atoms with Crippen molar-refractivity contribution in [3.63, 3.8) is 0 Å². The normalized spacial score (nSPS) is 19.3. The first-order valence-corrected chi connectivity index (χ1v) is 13.9. The van der Waals surface area contributed by atoms with Crippen LogP contribution in [0.4, 0.5) is 5.82 Å². The van der Waals surface area contributed by atoms with Gasteiger partial charge in [0.25, 0.3) is 10.2 Å². The van der Waals surface area contributed by atoms with Crippen molar-refractivity contribution in [3.8, 4) is 0 Å². The molecule has 2 aromatic heterocycles. The van der Waals surface area contributed by atoms with Crippen molar-refractivity contribution in [3.05, 3.63) is 52.2 Å². The Kier molecular flexibility index (Phi) is 6.47. The van der Waals surface area contributed by atoms with Crippen molar-refractivity contribution in [1.82, 2.24) is 14.7 Å². The molecular formula is C24H29N5O2S2. The molecule has 3 N–H and O–H groups in total. The number of hydrogen-bond donors (Lipinski definition) is 2. The minimum absolute atomic E-state index is 0.194. The maximum Gasteiger partial charge on any atom is 0.274 e. The molecule has 0 spiro atoms. The van der Waals surface area contributed by atoms with Gasteiger partial charge in [0.1, 0.15) is 10.6 Å². The van der Waals surface area contributed by atoms with Crippen LogP contribution in [0.1, 0.15) is 47.5 Å². The first-order chi connectivity index (χ1) is 16.0. The Labute approximate surface area is 198 Å². The zero-order chi connectivity index (χ0) is 22.8. The van der Waals surface area contributed by atoms with Crippen LogP contribution in [0.5, 0.6) is 0 Å². The van der Waals surface area contributed by atoms with Crippen LogP contribution in [0.3, 0.4) is 0 Å². The summed E-state index contributed by atoms with van der Waals surface area (Å²) in [6.07, 6.45) is 10.6. The summed E-state index contributed by atoms with van der Waals surface area (Å²) in [5.74, 6) is 1.90. The van der Waals surface area contributed by atoms with Crippen LogP contribution in [-0.4, -0.2) is 38.0 Å². The fourth-order valence-corrected chi connectivity index (χ4v) is 6.58. The standard InChI is InChI=1S/C24H29N5O2S2/c25-33(30,31)26-15-18-9-6-14-29(16-18)23-22-19-10-4-5-11-20(19)32-24(22)28-21(27-23)13-12-17-7-2-1-3-8-17/h1-3,7-8,12-13,18,26H,4-6,9-11,14-16H2,(H2,25,30,31)/b13-12+. The molecule has 1 aliphatic carbocycles. The molecule has 1 aliphatic heterocycles. The van der Waals surface area contributed by atoms with Crippen molar-refractivity contribution >= 4 is 49.7 Å². The van der Waals surface area contributed by atoms with E-state index < -0.39 is 10.2 Å². The van der Waals surface area contributed by atoms with Gasteiger partial charge in [-0.3, -0.25) is 0 Å². The number of nitrogens with two attached hydrogens (primary N) is 1. The van der Waals surface area contributed by atoms with Gasteiger partial charge in [0.05, 0.1) is 5.39 Å². The Morgan fingerprint density at radius 2 is 1.94 bits per heavy atom. The second kappa shape index (κ2) is 9.50. The molecule has 0 saturated carbocycles. The number of piperidine rings is 1. The van der Waals surface area contributed by atoms with E-state index in [-0.39, 0.29) is 5.92 Å². The van der Waals surface area contributed by atoms with Gasteiger partial charge in [-0.2, -0.15) is 8.42 Å². The van der Waals surface area contributed by atoms with Crippen LogP contribution < -0.4 is 14.8 Å². The van der Waals surface area contributed by atoms with E-state index in [9.17, 15) is 8.42 Å². The van der Waals surface area contributed by atoms with E-state index in [0.717, 1.165) is 55.0 Å². The van der Waals surface area contributed by atoms with Crippen molar-refractivity contribution in [1.29, 1.82) is 0 Å². The van der Waals surface area contributed by atoms with Crippen LogP contribution in [0.15, 0.2) is 30.3 Å². The Bertz CT molecular complexity index is 1270. The summed E-state index contributed by atoms with van der Waals surface area (Å²) in [6.45, 7) is 2.01. The van der Waals surface area contributed by atoms with Gasteiger partial charge < -0.3 is 4.90 Å². The Balaban J connectivity index is 1.51. The van der Waals surface area contributed by atoms with Gasteiger partial charge in [-0.05, 0) is 61.6 Å². The highest BCUT2D eigenvalue weighted by Gasteiger charge is 2.27. The van der Waals surface area contributed by atoms with Crippen LogP contribution >= 0.6 is 11.3 Å². The van der Waals surface area contributed by atoms with Crippen LogP contribution in [0.2, 0.25) is 0 Å². The SMILES string of the molecule is NS(=O)(=O)NCC1CCCN(c2nc(/C=C/c3ccccc3)nc3sc4c(c23)CCCC4)C1. The van der Waals surface area contributed by atoms with Gasteiger partial charge in [-0.15, -0.1) is 11.3 Å². The number of fused-ring (bicyclic) bond motifs is 3. The lowest BCUT2D eigenvalue weighted by molar-refractivity contribution is 0.410. The molecule has 1 aromatic carbocycles. The van der Waals surface area contributed by atoms with E-state index in [4.69, 9.17) is 15.1 Å². The van der Waals surface area contributed by atoms with Crippen LogP contribution in [-0.2, 0) is 23.1 Å². The number of aromatic nitrogens is 2. The maximum absolute atomic E-state index is 11.4. The summed E-state index contributed by atoms with van der Waals surface area (Å²) in [4.78, 5) is 14.8. The zero-order valence-electron chi connectivity index (χ0n) is 18.5. The molecule has 1 fully saturated rings. The maximum atomic E-state index is 11.4. The molecule has 1 atom stereocenters. The fraction of sp³-hybridized carbons (Fsp3) is 0.417. The molecule has 174 valence electrons. The first-order valence-electron chi connectivity index (χ1n) is 11.5. The lowest BCUT2D eigenvalue weighted by atomic mass is 9.95. The molecular weight excluding hydrogens is 454 g/mol. The monoisotopic (exact) mass is 483 g/mol. The van der Waals surface area contributed by atoms with Crippen molar-refractivity contribution in [2.24, 2.45) is 11.1 Å². The Morgan fingerprint density at radius 1 is 1.12 bits per heavy atom. The molecule has 7 nitrogen and oxygen atoms in total. The van der Waals surface area contributed by atoms with E-state index in [1.807, 2.05) is 41.7 Å². The topological polar surface area (TPSA) is 101 Å². The highest BCUT2D eigenvalue weighted by atomic mass is 32.2. The minimum atomic E-state index is -3.69. The molecule has 0 amide bonds. The molecule has 0 radical (unpaired) electrons. The second-order valence-electron chi connectivity index (χ2n) is 8.89. The third-order valence-electron chi connectivity index (χ3n) is 6.43. The van der Waals surface area contributed by atoms with Crippen molar-refractivity contribution < 1.29 is 8.42 Å².